The molecular weight excluding hydrogens is 382 g/mol. The Bertz CT molecular complexity index is 1180. The molecule has 3 nitrogen and oxygen atoms in total. The minimum atomic E-state index is -0.549. The first-order valence-corrected chi connectivity index (χ1v) is 10.8. The van der Waals surface area contributed by atoms with E-state index in [-0.39, 0.29) is 11.3 Å². The molecule has 3 aromatic rings. The highest BCUT2D eigenvalue weighted by atomic mass is 16.3. The Kier molecular flexibility index (Phi) is 4.79. The van der Waals surface area contributed by atoms with Crippen LogP contribution in [0.25, 0.3) is 6.08 Å². The predicted molar refractivity (Wildman–Crippen MR) is 124 cm³/mol. The molecule has 1 amide bonds. The molecule has 1 N–H and O–H groups in total. The van der Waals surface area contributed by atoms with Crippen LogP contribution in [0.3, 0.4) is 0 Å². The number of benzene rings is 3. The van der Waals surface area contributed by atoms with Gasteiger partial charge in [0, 0.05) is 25.1 Å². The summed E-state index contributed by atoms with van der Waals surface area (Å²) in [4.78, 5) is 13.9. The largest absolute Gasteiger partial charge is 0.387 e. The SMILES string of the molecule is CN(C)C(=O)c1ccc(CC2(C3=Cc4ccccc4C3)Cc3ccccc3C2O)cc1. The summed E-state index contributed by atoms with van der Waals surface area (Å²) in [5.74, 6) is 0.00326. The highest BCUT2D eigenvalue weighted by Gasteiger charge is 2.48. The molecule has 0 heterocycles. The maximum absolute atomic E-state index is 12.3. The average Bonchev–Trinajstić information content (AvgIpc) is 3.34. The third-order valence-corrected chi connectivity index (χ3v) is 6.91. The molecule has 5 rings (SSSR count). The molecule has 0 saturated heterocycles. The lowest BCUT2D eigenvalue weighted by Crippen LogP contribution is -2.31. The fourth-order valence-corrected chi connectivity index (χ4v) is 5.25. The average molecular weight is 410 g/mol. The molecule has 0 fully saturated rings. The summed E-state index contributed by atoms with van der Waals surface area (Å²) in [6, 6.07) is 24.6. The van der Waals surface area contributed by atoms with E-state index in [1.165, 1.54) is 22.3 Å². The molecule has 0 aromatic heterocycles. The number of hydrogen-bond donors (Lipinski definition) is 1. The van der Waals surface area contributed by atoms with E-state index >= 15 is 0 Å². The van der Waals surface area contributed by atoms with Crippen LogP contribution in [-0.2, 0) is 19.3 Å². The molecule has 0 aliphatic heterocycles. The van der Waals surface area contributed by atoms with Gasteiger partial charge in [0.2, 0.25) is 0 Å². The number of carbonyl (C=O) groups excluding carboxylic acids is 1. The molecule has 0 radical (unpaired) electrons. The van der Waals surface area contributed by atoms with Crippen LogP contribution in [0.2, 0.25) is 0 Å². The van der Waals surface area contributed by atoms with Gasteiger partial charge in [-0.15, -0.1) is 0 Å². The van der Waals surface area contributed by atoms with E-state index in [1.54, 1.807) is 19.0 Å². The van der Waals surface area contributed by atoms with E-state index < -0.39 is 6.10 Å². The Morgan fingerprint density at radius 1 is 0.968 bits per heavy atom. The Balaban J connectivity index is 1.53. The first-order chi connectivity index (χ1) is 15.0. The quantitative estimate of drug-likeness (QED) is 0.669. The van der Waals surface area contributed by atoms with Gasteiger partial charge >= 0.3 is 0 Å². The van der Waals surface area contributed by atoms with Crippen molar-refractivity contribution in [2.45, 2.75) is 25.4 Å². The van der Waals surface area contributed by atoms with Crippen molar-refractivity contribution in [2.24, 2.45) is 5.41 Å². The third kappa shape index (κ3) is 3.30. The van der Waals surface area contributed by atoms with E-state index in [9.17, 15) is 9.90 Å². The second-order valence-corrected chi connectivity index (χ2v) is 9.05. The lowest BCUT2D eigenvalue weighted by molar-refractivity contribution is 0.0650. The van der Waals surface area contributed by atoms with Crippen LogP contribution in [-0.4, -0.2) is 30.0 Å². The number of carbonyl (C=O) groups is 1. The minimum Gasteiger partial charge on any atom is -0.387 e. The predicted octanol–water partition coefficient (Wildman–Crippen LogP) is 4.85. The summed E-state index contributed by atoms with van der Waals surface area (Å²) in [5.41, 5.74) is 7.59. The molecule has 31 heavy (non-hydrogen) atoms. The highest BCUT2D eigenvalue weighted by molar-refractivity contribution is 5.93. The van der Waals surface area contributed by atoms with Crippen molar-refractivity contribution < 1.29 is 9.90 Å². The second-order valence-electron chi connectivity index (χ2n) is 9.05. The van der Waals surface area contributed by atoms with Gasteiger partial charge in [0.05, 0.1) is 6.10 Å². The van der Waals surface area contributed by atoms with Crippen molar-refractivity contribution in [3.8, 4) is 0 Å². The first kappa shape index (κ1) is 19.8. The molecule has 3 aromatic carbocycles. The van der Waals surface area contributed by atoms with Crippen LogP contribution in [0, 0.1) is 5.41 Å². The molecule has 2 aliphatic carbocycles. The zero-order valence-electron chi connectivity index (χ0n) is 18.0. The summed E-state index contributed by atoms with van der Waals surface area (Å²) in [5, 5.41) is 11.6. The van der Waals surface area contributed by atoms with Gasteiger partial charge in [-0.3, -0.25) is 4.79 Å². The molecule has 2 atom stereocenters. The lowest BCUT2D eigenvalue weighted by Gasteiger charge is -2.35. The smallest absolute Gasteiger partial charge is 0.253 e. The topological polar surface area (TPSA) is 40.5 Å². The van der Waals surface area contributed by atoms with Crippen molar-refractivity contribution >= 4 is 12.0 Å². The molecule has 2 unspecified atom stereocenters. The monoisotopic (exact) mass is 409 g/mol. The summed E-state index contributed by atoms with van der Waals surface area (Å²) in [7, 11) is 3.53. The number of nitrogens with zero attached hydrogens (tertiary/aromatic N) is 1. The van der Waals surface area contributed by atoms with Crippen molar-refractivity contribution in [3.05, 3.63) is 112 Å². The number of aliphatic hydroxyl groups excluding tert-OH is 1. The Morgan fingerprint density at radius 3 is 2.32 bits per heavy atom. The van der Waals surface area contributed by atoms with E-state index in [4.69, 9.17) is 0 Å². The maximum Gasteiger partial charge on any atom is 0.253 e. The molecule has 2 aliphatic rings. The molecule has 0 saturated carbocycles. The normalized spacial score (nSPS) is 21.4. The van der Waals surface area contributed by atoms with E-state index in [1.807, 2.05) is 30.3 Å². The number of amides is 1. The Morgan fingerprint density at radius 2 is 1.65 bits per heavy atom. The summed E-state index contributed by atoms with van der Waals surface area (Å²) in [6.07, 6.45) is 4.17. The minimum absolute atomic E-state index is 0.00326. The lowest BCUT2D eigenvalue weighted by atomic mass is 9.70. The van der Waals surface area contributed by atoms with Gasteiger partial charge in [0.25, 0.3) is 5.91 Å². The van der Waals surface area contributed by atoms with Gasteiger partial charge < -0.3 is 10.0 Å². The first-order valence-electron chi connectivity index (χ1n) is 10.8. The van der Waals surface area contributed by atoms with Crippen LogP contribution in [0.15, 0.2) is 78.4 Å². The summed E-state index contributed by atoms with van der Waals surface area (Å²) < 4.78 is 0. The Hall–Kier alpha value is -3.17. The standard InChI is InChI=1S/C28H27NO2/c1-29(2)27(31)20-13-11-19(12-14-20)17-28(18-23-9-5-6-10-25(23)26(28)30)24-15-21-7-3-4-8-22(21)16-24/h3-15,26,30H,16-18H2,1-2H3. The van der Waals surface area contributed by atoms with Crippen molar-refractivity contribution in [1.82, 2.24) is 4.90 Å². The molecular formula is C28H27NO2. The number of aliphatic hydroxyl groups is 1. The van der Waals surface area contributed by atoms with Gasteiger partial charge in [-0.2, -0.15) is 0 Å². The summed E-state index contributed by atoms with van der Waals surface area (Å²) in [6.45, 7) is 0. The van der Waals surface area contributed by atoms with Crippen LogP contribution in [0.4, 0.5) is 0 Å². The summed E-state index contributed by atoms with van der Waals surface area (Å²) >= 11 is 0. The van der Waals surface area contributed by atoms with Crippen molar-refractivity contribution in [2.75, 3.05) is 14.1 Å². The zero-order chi connectivity index (χ0) is 21.6. The van der Waals surface area contributed by atoms with E-state index in [2.05, 4.69) is 48.5 Å². The third-order valence-electron chi connectivity index (χ3n) is 6.91. The Labute approximate surface area is 183 Å². The van der Waals surface area contributed by atoms with E-state index in [0.717, 1.165) is 30.4 Å². The van der Waals surface area contributed by atoms with Gasteiger partial charge in [0.1, 0.15) is 0 Å². The fourth-order valence-electron chi connectivity index (χ4n) is 5.25. The van der Waals surface area contributed by atoms with Gasteiger partial charge in [-0.05, 0) is 59.2 Å². The number of hydrogen-bond acceptors (Lipinski definition) is 2. The highest BCUT2D eigenvalue weighted by Crippen LogP contribution is 2.54. The molecule has 156 valence electrons. The van der Waals surface area contributed by atoms with Crippen LogP contribution in [0.5, 0.6) is 0 Å². The van der Waals surface area contributed by atoms with Crippen LogP contribution >= 0.6 is 0 Å². The zero-order valence-corrected chi connectivity index (χ0v) is 18.0. The number of fused-ring (bicyclic) bond motifs is 2. The van der Waals surface area contributed by atoms with Crippen molar-refractivity contribution in [1.29, 1.82) is 0 Å². The second kappa shape index (κ2) is 7.51. The molecule has 3 heteroatoms. The van der Waals surface area contributed by atoms with Crippen LogP contribution < -0.4 is 0 Å². The van der Waals surface area contributed by atoms with Crippen molar-refractivity contribution in [3.63, 3.8) is 0 Å². The van der Waals surface area contributed by atoms with Crippen LogP contribution in [0.1, 0.15) is 44.3 Å². The van der Waals surface area contributed by atoms with Gasteiger partial charge in [0.15, 0.2) is 0 Å². The maximum atomic E-state index is 12.3. The van der Waals surface area contributed by atoms with Gasteiger partial charge in [-0.1, -0.05) is 72.3 Å². The van der Waals surface area contributed by atoms with Gasteiger partial charge in [-0.25, -0.2) is 0 Å². The fraction of sp³-hybridized carbons (Fsp3) is 0.250. The number of rotatable bonds is 4. The van der Waals surface area contributed by atoms with E-state index in [0.29, 0.717) is 5.56 Å². The molecule has 0 spiro atoms. The molecule has 0 bridgehead atoms.